The fraction of sp³-hybridized carbons (Fsp3) is 0.316. The SMILES string of the molecule is CN1CCN(C(=O)c2ccc(F)c(F)c2Cc2ccccc2F)CC1. The molecule has 3 rings (SSSR count). The van der Waals surface area contributed by atoms with Crippen molar-refractivity contribution in [1.29, 1.82) is 0 Å². The summed E-state index contributed by atoms with van der Waals surface area (Å²) in [5.41, 5.74) is 0.208. The molecular weight excluding hydrogens is 329 g/mol. The van der Waals surface area contributed by atoms with Crippen LogP contribution in [0.4, 0.5) is 13.2 Å². The van der Waals surface area contributed by atoms with Crippen molar-refractivity contribution < 1.29 is 18.0 Å². The lowest BCUT2D eigenvalue weighted by molar-refractivity contribution is 0.0662. The Morgan fingerprint density at radius 2 is 1.64 bits per heavy atom. The summed E-state index contributed by atoms with van der Waals surface area (Å²) in [4.78, 5) is 16.5. The Labute approximate surface area is 144 Å². The highest BCUT2D eigenvalue weighted by molar-refractivity contribution is 5.96. The zero-order valence-corrected chi connectivity index (χ0v) is 13.9. The maximum atomic E-state index is 14.4. The van der Waals surface area contributed by atoms with Gasteiger partial charge in [-0.2, -0.15) is 0 Å². The molecular formula is C19H19F3N2O. The van der Waals surface area contributed by atoms with Crippen LogP contribution in [-0.2, 0) is 6.42 Å². The number of amides is 1. The normalized spacial score (nSPS) is 15.4. The van der Waals surface area contributed by atoms with Crippen LogP contribution in [0.5, 0.6) is 0 Å². The highest BCUT2D eigenvalue weighted by atomic mass is 19.2. The molecule has 2 aromatic rings. The van der Waals surface area contributed by atoms with Gasteiger partial charge in [-0.15, -0.1) is 0 Å². The highest BCUT2D eigenvalue weighted by Crippen LogP contribution is 2.23. The molecule has 1 saturated heterocycles. The first kappa shape index (κ1) is 17.5. The minimum Gasteiger partial charge on any atom is -0.336 e. The fourth-order valence-corrected chi connectivity index (χ4v) is 2.98. The highest BCUT2D eigenvalue weighted by Gasteiger charge is 2.25. The molecule has 0 N–H and O–H groups in total. The van der Waals surface area contributed by atoms with Gasteiger partial charge in [-0.1, -0.05) is 18.2 Å². The number of hydrogen-bond donors (Lipinski definition) is 0. The van der Waals surface area contributed by atoms with Gasteiger partial charge in [-0.3, -0.25) is 4.79 Å². The van der Waals surface area contributed by atoms with E-state index in [9.17, 15) is 18.0 Å². The number of likely N-dealkylation sites (N-methyl/N-ethyl adjacent to an activating group) is 1. The van der Waals surface area contributed by atoms with E-state index in [1.807, 2.05) is 7.05 Å². The molecule has 1 amide bonds. The molecule has 0 aliphatic carbocycles. The van der Waals surface area contributed by atoms with E-state index >= 15 is 0 Å². The molecule has 0 aromatic heterocycles. The van der Waals surface area contributed by atoms with Gasteiger partial charge >= 0.3 is 0 Å². The first-order valence-corrected chi connectivity index (χ1v) is 8.15. The van der Waals surface area contributed by atoms with Crippen LogP contribution >= 0.6 is 0 Å². The first-order valence-electron chi connectivity index (χ1n) is 8.15. The molecule has 0 saturated carbocycles. The fourth-order valence-electron chi connectivity index (χ4n) is 2.98. The molecule has 132 valence electrons. The van der Waals surface area contributed by atoms with Crippen molar-refractivity contribution in [2.75, 3.05) is 33.2 Å². The van der Waals surface area contributed by atoms with Crippen molar-refractivity contribution >= 4 is 5.91 Å². The molecule has 2 aromatic carbocycles. The Morgan fingerprint density at radius 3 is 2.32 bits per heavy atom. The smallest absolute Gasteiger partial charge is 0.254 e. The number of hydrogen-bond acceptors (Lipinski definition) is 2. The van der Waals surface area contributed by atoms with Gasteiger partial charge < -0.3 is 9.80 Å². The van der Waals surface area contributed by atoms with E-state index < -0.39 is 17.5 Å². The summed E-state index contributed by atoms with van der Waals surface area (Å²) in [7, 11) is 1.96. The molecule has 3 nitrogen and oxygen atoms in total. The van der Waals surface area contributed by atoms with Gasteiger partial charge in [-0.25, -0.2) is 13.2 Å². The van der Waals surface area contributed by atoms with Crippen LogP contribution in [0.1, 0.15) is 21.5 Å². The minimum atomic E-state index is -1.09. The summed E-state index contributed by atoms with van der Waals surface area (Å²) in [6.45, 7) is 2.48. The van der Waals surface area contributed by atoms with Gasteiger partial charge in [0, 0.05) is 43.7 Å². The number of piperazine rings is 1. The number of carbonyl (C=O) groups excluding carboxylic acids is 1. The van der Waals surface area contributed by atoms with Crippen LogP contribution in [-0.4, -0.2) is 48.9 Å². The largest absolute Gasteiger partial charge is 0.336 e. The number of nitrogens with zero attached hydrogens (tertiary/aromatic N) is 2. The van der Waals surface area contributed by atoms with E-state index in [0.717, 1.165) is 19.2 Å². The average Bonchev–Trinajstić information content (AvgIpc) is 2.61. The van der Waals surface area contributed by atoms with E-state index in [-0.39, 0.29) is 29.0 Å². The second-order valence-corrected chi connectivity index (χ2v) is 6.25. The second kappa shape index (κ2) is 7.27. The number of benzene rings is 2. The summed E-state index contributed by atoms with van der Waals surface area (Å²) in [6.07, 6.45) is -0.176. The molecule has 1 aliphatic rings. The number of halogens is 3. The van der Waals surface area contributed by atoms with Crippen molar-refractivity contribution in [3.8, 4) is 0 Å². The average molecular weight is 348 g/mol. The molecule has 1 aliphatic heterocycles. The zero-order valence-electron chi connectivity index (χ0n) is 13.9. The van der Waals surface area contributed by atoms with E-state index in [0.29, 0.717) is 13.1 Å². The summed E-state index contributed by atoms with van der Waals surface area (Å²) in [6, 6.07) is 8.14. The Hall–Kier alpha value is -2.34. The summed E-state index contributed by atoms with van der Waals surface area (Å²) < 4.78 is 42.0. The van der Waals surface area contributed by atoms with Gasteiger partial charge in [0.25, 0.3) is 5.91 Å². The zero-order chi connectivity index (χ0) is 18.0. The maximum Gasteiger partial charge on any atom is 0.254 e. The molecule has 0 atom stereocenters. The quantitative estimate of drug-likeness (QED) is 0.851. The van der Waals surface area contributed by atoms with Gasteiger partial charge in [0.15, 0.2) is 11.6 Å². The Balaban J connectivity index is 1.95. The summed E-state index contributed by atoms with van der Waals surface area (Å²) in [5, 5.41) is 0. The third-order valence-electron chi connectivity index (χ3n) is 4.54. The molecule has 0 spiro atoms. The van der Waals surface area contributed by atoms with Crippen LogP contribution < -0.4 is 0 Å². The van der Waals surface area contributed by atoms with Crippen molar-refractivity contribution in [3.05, 3.63) is 70.5 Å². The van der Waals surface area contributed by atoms with Crippen molar-refractivity contribution in [2.45, 2.75) is 6.42 Å². The number of carbonyl (C=O) groups is 1. The van der Waals surface area contributed by atoms with Crippen LogP contribution in [0.3, 0.4) is 0 Å². The lowest BCUT2D eigenvalue weighted by Gasteiger charge is -2.33. The van der Waals surface area contributed by atoms with E-state index in [1.165, 1.54) is 24.3 Å². The predicted molar refractivity (Wildman–Crippen MR) is 89.0 cm³/mol. The first-order chi connectivity index (χ1) is 12.0. The molecule has 0 radical (unpaired) electrons. The third kappa shape index (κ3) is 3.69. The van der Waals surface area contributed by atoms with E-state index in [4.69, 9.17) is 0 Å². The Bertz CT molecular complexity index is 786. The van der Waals surface area contributed by atoms with Gasteiger partial charge in [0.1, 0.15) is 5.82 Å². The lowest BCUT2D eigenvalue weighted by atomic mass is 9.97. The van der Waals surface area contributed by atoms with Crippen molar-refractivity contribution in [2.24, 2.45) is 0 Å². The van der Waals surface area contributed by atoms with Crippen molar-refractivity contribution in [1.82, 2.24) is 9.80 Å². The van der Waals surface area contributed by atoms with Gasteiger partial charge in [-0.05, 0) is 30.8 Å². The van der Waals surface area contributed by atoms with Crippen LogP contribution in [0.25, 0.3) is 0 Å². The van der Waals surface area contributed by atoms with E-state index in [1.54, 1.807) is 11.0 Å². The molecule has 6 heteroatoms. The predicted octanol–water partition coefficient (Wildman–Crippen LogP) is 3.08. The summed E-state index contributed by atoms with van der Waals surface area (Å²) in [5.74, 6) is -2.99. The van der Waals surface area contributed by atoms with Crippen molar-refractivity contribution in [3.63, 3.8) is 0 Å². The Morgan fingerprint density at radius 1 is 0.960 bits per heavy atom. The van der Waals surface area contributed by atoms with Crippen LogP contribution in [0.15, 0.2) is 36.4 Å². The van der Waals surface area contributed by atoms with E-state index in [2.05, 4.69) is 4.90 Å². The minimum absolute atomic E-state index is 0.0895. The third-order valence-corrected chi connectivity index (χ3v) is 4.54. The molecule has 1 fully saturated rings. The molecule has 25 heavy (non-hydrogen) atoms. The van der Waals surface area contributed by atoms with Gasteiger partial charge in [0.2, 0.25) is 0 Å². The van der Waals surface area contributed by atoms with Crippen LogP contribution in [0.2, 0.25) is 0 Å². The van der Waals surface area contributed by atoms with Crippen LogP contribution in [0, 0.1) is 17.5 Å². The topological polar surface area (TPSA) is 23.6 Å². The monoisotopic (exact) mass is 348 g/mol. The molecule has 0 unspecified atom stereocenters. The molecule has 1 heterocycles. The number of rotatable bonds is 3. The Kier molecular flexibility index (Phi) is 5.08. The standard InChI is InChI=1S/C19H19F3N2O/c1-23-8-10-24(11-9-23)19(25)14-6-7-17(21)18(22)15(14)12-13-4-2-3-5-16(13)20/h2-7H,8-12H2,1H3. The maximum absolute atomic E-state index is 14.4. The second-order valence-electron chi connectivity index (χ2n) is 6.25. The van der Waals surface area contributed by atoms with Gasteiger partial charge in [0.05, 0.1) is 0 Å². The molecule has 0 bridgehead atoms. The lowest BCUT2D eigenvalue weighted by Crippen LogP contribution is -2.47. The summed E-state index contributed by atoms with van der Waals surface area (Å²) >= 11 is 0.